The molecule has 0 unspecified atom stereocenters. The SMILES string of the molecule is Cc1ccc(NC(=O)c2cc(NC(=O)[C@H]3CC=CC[C@H]3C(=O)O)ccc2N2CCOCC2)cc1Cl. The number of carboxylic acids is 1. The van der Waals surface area contributed by atoms with Crippen molar-refractivity contribution in [1.29, 1.82) is 0 Å². The van der Waals surface area contributed by atoms with Crippen molar-refractivity contribution < 1.29 is 24.2 Å². The number of hydrogen-bond acceptors (Lipinski definition) is 5. The molecule has 1 saturated heterocycles. The van der Waals surface area contributed by atoms with E-state index in [4.69, 9.17) is 16.3 Å². The fraction of sp³-hybridized carbons (Fsp3) is 0.346. The monoisotopic (exact) mass is 497 g/mol. The first-order valence-corrected chi connectivity index (χ1v) is 11.9. The first-order chi connectivity index (χ1) is 16.8. The predicted octanol–water partition coefficient (Wildman–Crippen LogP) is 4.34. The quantitative estimate of drug-likeness (QED) is 0.512. The summed E-state index contributed by atoms with van der Waals surface area (Å²) >= 11 is 6.22. The van der Waals surface area contributed by atoms with Crippen LogP contribution in [0.4, 0.5) is 17.1 Å². The van der Waals surface area contributed by atoms with Crippen LogP contribution in [0.2, 0.25) is 5.02 Å². The van der Waals surface area contributed by atoms with Crippen molar-refractivity contribution in [3.05, 3.63) is 64.7 Å². The summed E-state index contributed by atoms with van der Waals surface area (Å²) < 4.78 is 5.45. The highest BCUT2D eigenvalue weighted by atomic mass is 35.5. The molecule has 2 aliphatic rings. The van der Waals surface area contributed by atoms with Gasteiger partial charge in [0.25, 0.3) is 5.91 Å². The van der Waals surface area contributed by atoms with Crippen molar-refractivity contribution >= 4 is 46.4 Å². The van der Waals surface area contributed by atoms with E-state index < -0.39 is 17.8 Å². The molecular formula is C26H28ClN3O5. The van der Waals surface area contributed by atoms with E-state index in [2.05, 4.69) is 15.5 Å². The summed E-state index contributed by atoms with van der Waals surface area (Å²) in [7, 11) is 0. The third kappa shape index (κ3) is 5.83. The Kier molecular flexibility index (Phi) is 7.73. The lowest BCUT2D eigenvalue weighted by Gasteiger charge is -2.30. The number of carbonyl (C=O) groups excluding carboxylic acids is 2. The number of carbonyl (C=O) groups is 3. The van der Waals surface area contributed by atoms with E-state index in [-0.39, 0.29) is 11.8 Å². The van der Waals surface area contributed by atoms with E-state index in [1.165, 1.54) is 0 Å². The van der Waals surface area contributed by atoms with E-state index >= 15 is 0 Å². The lowest BCUT2D eigenvalue weighted by molar-refractivity contribution is -0.146. The van der Waals surface area contributed by atoms with E-state index in [0.29, 0.717) is 61.1 Å². The lowest BCUT2D eigenvalue weighted by Crippen LogP contribution is -2.37. The second-order valence-electron chi connectivity index (χ2n) is 8.73. The number of ether oxygens (including phenoxy) is 1. The molecule has 1 aliphatic carbocycles. The number of carboxylic acid groups (broad SMARTS) is 1. The fourth-order valence-corrected chi connectivity index (χ4v) is 4.54. The summed E-state index contributed by atoms with van der Waals surface area (Å²) in [6.45, 7) is 4.26. The van der Waals surface area contributed by atoms with Crippen molar-refractivity contribution in [1.82, 2.24) is 0 Å². The molecule has 3 N–H and O–H groups in total. The first kappa shape index (κ1) is 24.8. The minimum absolute atomic E-state index is 0.316. The van der Waals surface area contributed by atoms with Gasteiger partial charge in [-0.15, -0.1) is 0 Å². The Hall–Kier alpha value is -3.36. The minimum Gasteiger partial charge on any atom is -0.481 e. The summed E-state index contributed by atoms with van der Waals surface area (Å²) in [6.07, 6.45) is 4.29. The van der Waals surface area contributed by atoms with Gasteiger partial charge in [0.2, 0.25) is 5.91 Å². The average molecular weight is 498 g/mol. The molecule has 4 rings (SSSR count). The zero-order valence-electron chi connectivity index (χ0n) is 19.4. The number of amides is 2. The topological polar surface area (TPSA) is 108 Å². The molecule has 2 atom stereocenters. The molecule has 0 aromatic heterocycles. The minimum atomic E-state index is -0.992. The molecule has 2 amide bonds. The van der Waals surface area contributed by atoms with E-state index in [1.807, 2.05) is 19.1 Å². The number of halogens is 1. The van der Waals surface area contributed by atoms with Crippen molar-refractivity contribution in [2.45, 2.75) is 19.8 Å². The van der Waals surface area contributed by atoms with E-state index in [9.17, 15) is 19.5 Å². The van der Waals surface area contributed by atoms with Crippen molar-refractivity contribution in [2.75, 3.05) is 41.8 Å². The van der Waals surface area contributed by atoms with Crippen molar-refractivity contribution in [3.63, 3.8) is 0 Å². The zero-order chi connectivity index (χ0) is 24.9. The standard InChI is InChI=1S/C26H28ClN3O5/c1-16-6-7-18(15-22(16)27)29-25(32)21-14-17(8-9-23(21)30-10-12-35-13-11-30)28-24(31)19-4-2-3-5-20(19)26(33)34/h2-3,6-9,14-15,19-20H,4-5,10-13H2,1H3,(H,28,31)(H,29,32)(H,33,34)/t19-,20+/m0/s1. The molecule has 2 aromatic rings. The van der Waals surface area contributed by atoms with Crippen LogP contribution in [-0.2, 0) is 14.3 Å². The Morgan fingerprint density at radius 1 is 0.971 bits per heavy atom. The maximum absolute atomic E-state index is 13.3. The van der Waals surface area contributed by atoms with Crippen LogP contribution in [0, 0.1) is 18.8 Å². The molecule has 0 bridgehead atoms. The van der Waals surface area contributed by atoms with Gasteiger partial charge in [0.05, 0.1) is 30.6 Å². The summed E-state index contributed by atoms with van der Waals surface area (Å²) in [5.41, 5.74) is 3.01. The Morgan fingerprint density at radius 2 is 1.63 bits per heavy atom. The molecule has 0 radical (unpaired) electrons. The molecule has 1 heterocycles. The van der Waals surface area contributed by atoms with Crippen LogP contribution >= 0.6 is 11.6 Å². The Morgan fingerprint density at radius 3 is 2.31 bits per heavy atom. The number of nitrogens with zero attached hydrogens (tertiary/aromatic N) is 1. The smallest absolute Gasteiger partial charge is 0.307 e. The number of hydrogen-bond donors (Lipinski definition) is 3. The number of aryl methyl sites for hydroxylation is 1. The Balaban J connectivity index is 1.60. The van der Waals surface area contributed by atoms with Crippen LogP contribution in [0.15, 0.2) is 48.6 Å². The van der Waals surface area contributed by atoms with Gasteiger partial charge in [-0.1, -0.05) is 29.8 Å². The number of morpholine rings is 1. The lowest BCUT2D eigenvalue weighted by atomic mass is 9.82. The molecule has 0 saturated carbocycles. The second-order valence-corrected chi connectivity index (χ2v) is 9.14. The van der Waals surface area contributed by atoms with Crippen molar-refractivity contribution in [2.24, 2.45) is 11.8 Å². The number of rotatable bonds is 6. The Bertz CT molecular complexity index is 1160. The normalized spacial score (nSPS) is 19.8. The summed E-state index contributed by atoms with van der Waals surface area (Å²) in [6, 6.07) is 10.5. The van der Waals surface area contributed by atoms with Gasteiger partial charge in [0.1, 0.15) is 0 Å². The van der Waals surface area contributed by atoms with Gasteiger partial charge in [-0.25, -0.2) is 0 Å². The molecule has 8 nitrogen and oxygen atoms in total. The maximum Gasteiger partial charge on any atom is 0.307 e. The van der Waals surface area contributed by atoms with Gasteiger partial charge in [-0.2, -0.15) is 0 Å². The van der Waals surface area contributed by atoms with Crippen LogP contribution < -0.4 is 15.5 Å². The van der Waals surface area contributed by atoms with Crippen LogP contribution in [0.1, 0.15) is 28.8 Å². The van der Waals surface area contributed by atoms with Crippen molar-refractivity contribution in [3.8, 4) is 0 Å². The number of aliphatic carboxylic acids is 1. The third-order valence-electron chi connectivity index (χ3n) is 6.38. The third-order valence-corrected chi connectivity index (χ3v) is 6.78. The van der Waals surface area contributed by atoms with Crippen LogP contribution in [0.25, 0.3) is 0 Å². The average Bonchev–Trinajstić information content (AvgIpc) is 2.86. The molecule has 2 aromatic carbocycles. The Labute approximate surface area is 208 Å². The summed E-state index contributed by atoms with van der Waals surface area (Å²) in [5, 5.41) is 15.8. The van der Waals surface area contributed by atoms with E-state index in [0.717, 1.165) is 11.3 Å². The number of nitrogens with one attached hydrogen (secondary N) is 2. The van der Waals surface area contributed by atoms with Crippen LogP contribution in [0.5, 0.6) is 0 Å². The highest BCUT2D eigenvalue weighted by molar-refractivity contribution is 6.31. The largest absolute Gasteiger partial charge is 0.481 e. The van der Waals surface area contributed by atoms with Gasteiger partial charge in [-0.3, -0.25) is 14.4 Å². The first-order valence-electron chi connectivity index (χ1n) is 11.6. The van der Waals surface area contributed by atoms with Gasteiger partial charge in [0, 0.05) is 35.2 Å². The van der Waals surface area contributed by atoms with Gasteiger partial charge >= 0.3 is 5.97 Å². The van der Waals surface area contributed by atoms with Crippen LogP contribution in [0.3, 0.4) is 0 Å². The maximum atomic E-state index is 13.3. The molecular weight excluding hydrogens is 470 g/mol. The summed E-state index contributed by atoms with van der Waals surface area (Å²) in [5.74, 6) is -3.16. The second kappa shape index (κ2) is 10.9. The molecule has 184 valence electrons. The highest BCUT2D eigenvalue weighted by Crippen LogP contribution is 2.30. The highest BCUT2D eigenvalue weighted by Gasteiger charge is 2.34. The van der Waals surface area contributed by atoms with Gasteiger partial charge in [0.15, 0.2) is 0 Å². The summed E-state index contributed by atoms with van der Waals surface area (Å²) in [4.78, 5) is 40.0. The zero-order valence-corrected chi connectivity index (χ0v) is 20.2. The van der Waals surface area contributed by atoms with Gasteiger partial charge in [-0.05, 0) is 55.7 Å². The molecule has 1 aliphatic heterocycles. The molecule has 35 heavy (non-hydrogen) atoms. The van der Waals surface area contributed by atoms with Gasteiger partial charge < -0.3 is 25.4 Å². The fourth-order valence-electron chi connectivity index (χ4n) is 4.36. The predicted molar refractivity (Wildman–Crippen MR) is 135 cm³/mol. The number of allylic oxidation sites excluding steroid dienone is 2. The molecule has 0 spiro atoms. The van der Waals surface area contributed by atoms with Crippen LogP contribution in [-0.4, -0.2) is 49.2 Å². The van der Waals surface area contributed by atoms with E-state index in [1.54, 1.807) is 36.4 Å². The number of anilines is 3. The number of benzene rings is 2. The molecule has 9 heteroatoms. The molecule has 1 fully saturated rings.